The van der Waals surface area contributed by atoms with Crippen molar-refractivity contribution < 1.29 is 24.2 Å². The molecule has 31 heavy (non-hydrogen) atoms. The first-order valence-corrected chi connectivity index (χ1v) is 10.7. The molecule has 0 bridgehead atoms. The minimum atomic E-state index is -1.24. The summed E-state index contributed by atoms with van der Waals surface area (Å²) in [6.45, 7) is 0.201. The van der Waals surface area contributed by atoms with Gasteiger partial charge in [0, 0.05) is 0 Å². The molecule has 1 saturated heterocycles. The van der Waals surface area contributed by atoms with Crippen LogP contribution in [0.25, 0.3) is 0 Å². The Kier molecular flexibility index (Phi) is 5.97. The summed E-state index contributed by atoms with van der Waals surface area (Å²) < 4.78 is 5.73. The van der Waals surface area contributed by atoms with E-state index in [9.17, 15) is 19.5 Å². The van der Waals surface area contributed by atoms with Crippen LogP contribution in [0.1, 0.15) is 17.2 Å². The molecule has 3 atom stereocenters. The molecule has 0 saturated carbocycles. The number of nitrogens with two attached hydrogens (primary N) is 1. The van der Waals surface area contributed by atoms with Crippen LogP contribution in [0.5, 0.6) is 0 Å². The van der Waals surface area contributed by atoms with Crippen molar-refractivity contribution in [3.05, 3.63) is 83.2 Å². The van der Waals surface area contributed by atoms with Gasteiger partial charge in [0.05, 0.1) is 5.75 Å². The number of hydrogen-bond donors (Lipinski definition) is 3. The van der Waals surface area contributed by atoms with Gasteiger partial charge in [0.15, 0.2) is 5.70 Å². The fourth-order valence-corrected chi connectivity index (χ4v) is 4.78. The highest BCUT2D eigenvalue weighted by Crippen LogP contribution is 2.41. The average Bonchev–Trinajstić information content (AvgIpc) is 2.80. The second kappa shape index (κ2) is 8.83. The summed E-state index contributed by atoms with van der Waals surface area (Å²) in [5.74, 6) is -1.72. The number of nitrogens with zero attached hydrogens (tertiary/aromatic N) is 1. The number of thioether (sulfide) groups is 1. The standard InChI is InChI=1S/C22H21N3O5S/c23-16(14-9-5-2-6-10-14)19(26)24-17-20(27)25-18(22(28)29)15(12-31-21(17)25)30-11-13-7-3-1-4-8-13/h1-10,16-17,21H,11-12,23H2,(H,24,26)(H,28,29)/t16-,17+,21-/m0/s1. The SMILES string of the molecule is N[C@H](C(=O)N[C@@H]1C(=O)N2C(C(=O)O)=C(OCc3ccccc3)CS[C@@H]12)c1ccccc1. The molecule has 1 fully saturated rings. The summed E-state index contributed by atoms with van der Waals surface area (Å²) in [5, 5.41) is 11.8. The van der Waals surface area contributed by atoms with E-state index in [0.29, 0.717) is 5.56 Å². The third kappa shape index (κ3) is 4.14. The van der Waals surface area contributed by atoms with E-state index in [4.69, 9.17) is 10.5 Å². The van der Waals surface area contributed by atoms with Crippen molar-refractivity contribution in [3.8, 4) is 0 Å². The molecular formula is C22H21N3O5S. The zero-order valence-electron chi connectivity index (χ0n) is 16.4. The summed E-state index contributed by atoms with van der Waals surface area (Å²) in [6, 6.07) is 16.4. The number of rotatable bonds is 7. The number of ether oxygens (including phenoxy) is 1. The maximum absolute atomic E-state index is 12.7. The molecule has 2 aromatic rings. The van der Waals surface area contributed by atoms with Gasteiger partial charge in [-0.05, 0) is 11.1 Å². The van der Waals surface area contributed by atoms with E-state index in [2.05, 4.69) is 5.32 Å². The monoisotopic (exact) mass is 439 g/mol. The molecule has 0 unspecified atom stereocenters. The van der Waals surface area contributed by atoms with E-state index in [-0.39, 0.29) is 23.8 Å². The van der Waals surface area contributed by atoms with Gasteiger partial charge in [-0.3, -0.25) is 14.5 Å². The smallest absolute Gasteiger partial charge is 0.356 e. The van der Waals surface area contributed by atoms with Crippen LogP contribution < -0.4 is 11.1 Å². The van der Waals surface area contributed by atoms with Gasteiger partial charge in [0.25, 0.3) is 5.91 Å². The van der Waals surface area contributed by atoms with Crippen molar-refractivity contribution in [2.24, 2.45) is 5.73 Å². The molecule has 0 radical (unpaired) electrons. The number of carboxylic acid groups (broad SMARTS) is 1. The minimum Gasteiger partial charge on any atom is -0.490 e. The Morgan fingerprint density at radius 1 is 1.16 bits per heavy atom. The fourth-order valence-electron chi connectivity index (χ4n) is 3.50. The Morgan fingerprint density at radius 2 is 1.81 bits per heavy atom. The summed E-state index contributed by atoms with van der Waals surface area (Å²) in [7, 11) is 0. The van der Waals surface area contributed by atoms with Gasteiger partial charge < -0.3 is 20.9 Å². The van der Waals surface area contributed by atoms with E-state index in [0.717, 1.165) is 5.56 Å². The van der Waals surface area contributed by atoms with Crippen LogP contribution in [0, 0.1) is 0 Å². The van der Waals surface area contributed by atoms with Crippen LogP contribution in [-0.4, -0.2) is 45.0 Å². The van der Waals surface area contributed by atoms with Gasteiger partial charge in [0.2, 0.25) is 5.91 Å². The summed E-state index contributed by atoms with van der Waals surface area (Å²) in [6.07, 6.45) is 0. The number of amides is 2. The Bertz CT molecular complexity index is 1030. The molecular weight excluding hydrogens is 418 g/mol. The van der Waals surface area contributed by atoms with Crippen molar-refractivity contribution >= 4 is 29.5 Å². The van der Waals surface area contributed by atoms with E-state index in [1.165, 1.54) is 16.7 Å². The van der Waals surface area contributed by atoms with Crippen LogP contribution in [0.15, 0.2) is 72.1 Å². The average molecular weight is 439 g/mol. The number of fused-ring (bicyclic) bond motifs is 1. The topological polar surface area (TPSA) is 122 Å². The zero-order valence-corrected chi connectivity index (χ0v) is 17.2. The van der Waals surface area contributed by atoms with Crippen molar-refractivity contribution in [1.29, 1.82) is 0 Å². The number of β-lactam (4-membered cyclic amide) rings is 1. The van der Waals surface area contributed by atoms with Gasteiger partial charge in [0.1, 0.15) is 29.8 Å². The van der Waals surface area contributed by atoms with Crippen LogP contribution in [0.3, 0.4) is 0 Å². The first kappa shape index (κ1) is 21.0. The van der Waals surface area contributed by atoms with Crippen LogP contribution in [0.2, 0.25) is 0 Å². The third-order valence-electron chi connectivity index (χ3n) is 5.13. The minimum absolute atomic E-state index is 0.178. The molecule has 2 aliphatic heterocycles. The molecule has 2 aliphatic rings. The van der Waals surface area contributed by atoms with E-state index in [1.54, 1.807) is 24.3 Å². The predicted molar refractivity (Wildman–Crippen MR) is 114 cm³/mol. The predicted octanol–water partition coefficient (Wildman–Crippen LogP) is 1.60. The number of carbonyl (C=O) groups excluding carboxylic acids is 2. The first-order valence-electron chi connectivity index (χ1n) is 9.66. The van der Waals surface area contributed by atoms with E-state index in [1.807, 2.05) is 36.4 Å². The number of hydrogen-bond acceptors (Lipinski definition) is 6. The normalized spacial score (nSPS) is 21.1. The van der Waals surface area contributed by atoms with Crippen LogP contribution >= 0.6 is 11.8 Å². The van der Waals surface area contributed by atoms with Gasteiger partial charge in [-0.2, -0.15) is 0 Å². The molecule has 2 amide bonds. The molecule has 2 aromatic carbocycles. The lowest BCUT2D eigenvalue weighted by Gasteiger charge is -2.49. The molecule has 2 heterocycles. The fraction of sp³-hybridized carbons (Fsp3) is 0.227. The molecule has 0 spiro atoms. The molecule has 160 valence electrons. The first-order chi connectivity index (χ1) is 15.0. The molecule has 0 aliphatic carbocycles. The van der Waals surface area contributed by atoms with Gasteiger partial charge in [-0.25, -0.2) is 4.79 Å². The highest BCUT2D eigenvalue weighted by atomic mass is 32.2. The molecule has 4 rings (SSSR count). The van der Waals surface area contributed by atoms with E-state index >= 15 is 0 Å². The van der Waals surface area contributed by atoms with Crippen LogP contribution in [-0.2, 0) is 25.7 Å². The van der Waals surface area contributed by atoms with Gasteiger partial charge in [-0.1, -0.05) is 60.7 Å². The lowest BCUT2D eigenvalue weighted by atomic mass is 10.0. The Hall–Kier alpha value is -3.30. The maximum Gasteiger partial charge on any atom is 0.356 e. The zero-order chi connectivity index (χ0) is 22.0. The lowest BCUT2D eigenvalue weighted by molar-refractivity contribution is -0.151. The Morgan fingerprint density at radius 3 is 2.45 bits per heavy atom. The highest BCUT2D eigenvalue weighted by molar-refractivity contribution is 8.00. The number of carboxylic acids is 1. The van der Waals surface area contributed by atoms with Gasteiger partial charge in [-0.15, -0.1) is 11.8 Å². The van der Waals surface area contributed by atoms with Crippen LogP contribution in [0.4, 0.5) is 0 Å². The summed E-state index contributed by atoms with van der Waals surface area (Å²) in [4.78, 5) is 38.3. The highest BCUT2D eigenvalue weighted by Gasteiger charge is 2.55. The number of nitrogens with one attached hydrogen (secondary N) is 1. The third-order valence-corrected chi connectivity index (χ3v) is 6.38. The van der Waals surface area contributed by atoms with E-state index < -0.39 is 35.2 Å². The molecule has 8 nitrogen and oxygen atoms in total. The number of carbonyl (C=O) groups is 3. The van der Waals surface area contributed by atoms with Crippen molar-refractivity contribution in [2.45, 2.75) is 24.1 Å². The van der Waals surface area contributed by atoms with Crippen molar-refractivity contribution in [3.63, 3.8) is 0 Å². The largest absolute Gasteiger partial charge is 0.490 e. The molecule has 4 N–H and O–H groups in total. The second-order valence-electron chi connectivity index (χ2n) is 7.14. The van der Waals surface area contributed by atoms with Crippen molar-refractivity contribution in [2.75, 3.05) is 5.75 Å². The summed E-state index contributed by atoms with van der Waals surface area (Å²) in [5.41, 5.74) is 7.34. The Labute approximate surface area is 183 Å². The number of benzene rings is 2. The van der Waals surface area contributed by atoms with Gasteiger partial charge >= 0.3 is 5.97 Å². The number of aliphatic carboxylic acids is 1. The molecule has 0 aromatic heterocycles. The quantitative estimate of drug-likeness (QED) is 0.560. The molecule has 9 heteroatoms. The maximum atomic E-state index is 12.7. The Balaban J connectivity index is 1.46. The summed E-state index contributed by atoms with van der Waals surface area (Å²) >= 11 is 1.34. The lowest BCUT2D eigenvalue weighted by Crippen LogP contribution is -2.71. The second-order valence-corrected chi connectivity index (χ2v) is 8.24. The van der Waals surface area contributed by atoms with Crippen molar-refractivity contribution in [1.82, 2.24) is 10.2 Å².